The molecule has 1 heterocycles. The summed E-state index contributed by atoms with van der Waals surface area (Å²) in [7, 11) is 0. The molecular formula is C10H5ClF3NO. The van der Waals surface area contributed by atoms with E-state index in [1.54, 1.807) is 0 Å². The van der Waals surface area contributed by atoms with Gasteiger partial charge in [0, 0.05) is 5.56 Å². The number of aromatic nitrogens is 1. The fourth-order valence-electron chi connectivity index (χ4n) is 1.29. The zero-order valence-electron chi connectivity index (χ0n) is 7.75. The highest BCUT2D eigenvalue weighted by Gasteiger charge is 2.22. The maximum atomic E-state index is 12.9. The summed E-state index contributed by atoms with van der Waals surface area (Å²) in [6.45, 7) is 0. The van der Waals surface area contributed by atoms with Crippen LogP contribution in [0.5, 0.6) is 0 Å². The molecule has 84 valence electrons. The Morgan fingerprint density at radius 1 is 1.31 bits per heavy atom. The van der Waals surface area contributed by atoms with Crippen molar-refractivity contribution < 1.29 is 17.6 Å². The molecule has 0 fully saturated rings. The largest absolute Gasteiger partial charge is 0.427 e. The van der Waals surface area contributed by atoms with Crippen molar-refractivity contribution in [2.75, 3.05) is 0 Å². The molecule has 0 aliphatic heterocycles. The summed E-state index contributed by atoms with van der Waals surface area (Å²) in [5.74, 6) is -0.760. The van der Waals surface area contributed by atoms with E-state index >= 15 is 0 Å². The summed E-state index contributed by atoms with van der Waals surface area (Å²) < 4.78 is 42.8. The second kappa shape index (κ2) is 4.17. The van der Waals surface area contributed by atoms with Crippen LogP contribution in [0.2, 0.25) is 5.35 Å². The predicted molar refractivity (Wildman–Crippen MR) is 51.9 cm³/mol. The van der Waals surface area contributed by atoms with Crippen LogP contribution in [0.25, 0.3) is 11.3 Å². The van der Waals surface area contributed by atoms with Crippen LogP contribution in [0, 0.1) is 5.82 Å². The van der Waals surface area contributed by atoms with Gasteiger partial charge in [0.05, 0.1) is 0 Å². The third-order valence-corrected chi connectivity index (χ3v) is 2.08. The minimum atomic E-state index is -2.82. The van der Waals surface area contributed by atoms with Crippen molar-refractivity contribution in [1.29, 1.82) is 0 Å². The highest BCUT2D eigenvalue weighted by molar-refractivity contribution is 6.27. The Labute approximate surface area is 93.7 Å². The smallest absolute Gasteiger partial charge is 0.293 e. The lowest BCUT2D eigenvalue weighted by Gasteiger charge is -1.99. The number of hydrogen-bond acceptors (Lipinski definition) is 2. The highest BCUT2D eigenvalue weighted by Crippen LogP contribution is 2.33. The van der Waals surface area contributed by atoms with Crippen molar-refractivity contribution in [3.63, 3.8) is 0 Å². The Morgan fingerprint density at radius 2 is 2.06 bits per heavy atom. The summed E-state index contributed by atoms with van der Waals surface area (Å²) in [4.78, 5) is 3.34. The topological polar surface area (TPSA) is 26.0 Å². The van der Waals surface area contributed by atoms with E-state index in [-0.39, 0.29) is 11.3 Å². The second-order valence-electron chi connectivity index (χ2n) is 2.99. The van der Waals surface area contributed by atoms with Crippen molar-refractivity contribution in [2.45, 2.75) is 6.43 Å². The van der Waals surface area contributed by atoms with E-state index in [1.165, 1.54) is 18.2 Å². The number of hydrogen-bond donors (Lipinski definition) is 0. The third-order valence-electron chi connectivity index (χ3n) is 1.92. The molecule has 1 aromatic carbocycles. The highest BCUT2D eigenvalue weighted by atomic mass is 35.5. The molecule has 2 nitrogen and oxygen atoms in total. The first-order chi connectivity index (χ1) is 7.58. The summed E-state index contributed by atoms with van der Waals surface area (Å²) in [6.07, 6.45) is -2.82. The molecule has 1 aromatic heterocycles. The van der Waals surface area contributed by atoms with Gasteiger partial charge in [0.15, 0.2) is 11.5 Å². The minimum absolute atomic E-state index is 0.176. The van der Waals surface area contributed by atoms with E-state index in [0.717, 1.165) is 6.07 Å². The number of nitrogens with zero attached hydrogens (tertiary/aromatic N) is 1. The Kier molecular flexibility index (Phi) is 2.87. The minimum Gasteiger partial charge on any atom is -0.427 e. The van der Waals surface area contributed by atoms with E-state index in [1.807, 2.05) is 0 Å². The zero-order chi connectivity index (χ0) is 11.7. The fraction of sp³-hybridized carbons (Fsp3) is 0.100. The monoisotopic (exact) mass is 247 g/mol. The van der Waals surface area contributed by atoms with Gasteiger partial charge in [-0.3, -0.25) is 0 Å². The predicted octanol–water partition coefficient (Wildman–Crippen LogP) is 4.07. The van der Waals surface area contributed by atoms with Gasteiger partial charge in [-0.25, -0.2) is 13.2 Å². The van der Waals surface area contributed by atoms with Gasteiger partial charge in [0.1, 0.15) is 5.82 Å². The molecule has 2 rings (SSSR count). The van der Waals surface area contributed by atoms with Crippen LogP contribution >= 0.6 is 11.6 Å². The quantitative estimate of drug-likeness (QED) is 0.799. The fourth-order valence-corrected chi connectivity index (χ4v) is 1.46. The van der Waals surface area contributed by atoms with E-state index in [2.05, 4.69) is 4.98 Å². The second-order valence-corrected chi connectivity index (χ2v) is 3.32. The number of halogens is 4. The summed E-state index contributed by atoms with van der Waals surface area (Å²) in [5.41, 5.74) is -0.412. The summed E-state index contributed by atoms with van der Waals surface area (Å²) in [5, 5.41) is -0.394. The van der Waals surface area contributed by atoms with Crippen LogP contribution in [-0.2, 0) is 0 Å². The first-order valence-corrected chi connectivity index (χ1v) is 4.66. The van der Waals surface area contributed by atoms with E-state index in [4.69, 9.17) is 16.0 Å². The van der Waals surface area contributed by atoms with Gasteiger partial charge in [0.2, 0.25) is 0 Å². The van der Waals surface area contributed by atoms with Gasteiger partial charge in [0.25, 0.3) is 11.8 Å². The summed E-state index contributed by atoms with van der Waals surface area (Å²) in [6, 6.07) is 5.09. The lowest BCUT2D eigenvalue weighted by atomic mass is 10.1. The molecule has 0 saturated carbocycles. The Bertz CT molecular complexity index is 513. The third kappa shape index (κ3) is 2.04. The number of alkyl halides is 2. The first-order valence-electron chi connectivity index (χ1n) is 4.28. The van der Waals surface area contributed by atoms with E-state index in [9.17, 15) is 13.2 Å². The van der Waals surface area contributed by atoms with Crippen LogP contribution in [0.3, 0.4) is 0 Å². The Balaban J connectivity index is 2.55. The molecule has 2 aromatic rings. The zero-order valence-corrected chi connectivity index (χ0v) is 8.51. The van der Waals surface area contributed by atoms with Crippen LogP contribution in [0.4, 0.5) is 13.2 Å². The van der Waals surface area contributed by atoms with Gasteiger partial charge in [-0.05, 0) is 23.7 Å². The average molecular weight is 248 g/mol. The molecule has 0 radical (unpaired) electrons. The van der Waals surface area contributed by atoms with Gasteiger partial charge >= 0.3 is 0 Å². The Hall–Kier alpha value is -1.49. The molecule has 0 unspecified atom stereocenters. The molecule has 0 saturated heterocycles. The van der Waals surface area contributed by atoms with Crippen molar-refractivity contribution in [1.82, 2.24) is 4.98 Å². The SMILES string of the molecule is Fc1cccc(-c2oc(Cl)nc2C(F)F)c1. The van der Waals surface area contributed by atoms with Crippen LogP contribution in [0.15, 0.2) is 28.7 Å². The molecule has 0 N–H and O–H groups in total. The molecule has 16 heavy (non-hydrogen) atoms. The van der Waals surface area contributed by atoms with Crippen LogP contribution in [0.1, 0.15) is 12.1 Å². The van der Waals surface area contributed by atoms with Crippen molar-refractivity contribution >= 4 is 11.6 Å². The van der Waals surface area contributed by atoms with Crippen molar-refractivity contribution in [2.24, 2.45) is 0 Å². The Morgan fingerprint density at radius 3 is 2.69 bits per heavy atom. The van der Waals surface area contributed by atoms with Crippen LogP contribution in [-0.4, -0.2) is 4.98 Å². The molecule has 6 heteroatoms. The van der Waals surface area contributed by atoms with Crippen molar-refractivity contribution in [3.05, 3.63) is 41.1 Å². The van der Waals surface area contributed by atoms with Gasteiger partial charge in [-0.1, -0.05) is 12.1 Å². The lowest BCUT2D eigenvalue weighted by Crippen LogP contribution is -1.88. The normalized spacial score (nSPS) is 11.1. The van der Waals surface area contributed by atoms with Gasteiger partial charge in [-0.15, -0.1) is 0 Å². The molecular weight excluding hydrogens is 243 g/mol. The maximum absolute atomic E-state index is 12.9. The maximum Gasteiger partial charge on any atom is 0.293 e. The number of benzene rings is 1. The van der Waals surface area contributed by atoms with Gasteiger partial charge in [-0.2, -0.15) is 4.98 Å². The molecule has 0 aliphatic carbocycles. The van der Waals surface area contributed by atoms with Crippen molar-refractivity contribution in [3.8, 4) is 11.3 Å². The molecule has 0 aliphatic rings. The molecule has 0 atom stereocenters. The molecule has 0 spiro atoms. The van der Waals surface area contributed by atoms with Gasteiger partial charge < -0.3 is 4.42 Å². The number of rotatable bonds is 2. The molecule has 0 amide bonds. The number of oxazole rings is 1. The molecule has 0 bridgehead atoms. The average Bonchev–Trinajstić information content (AvgIpc) is 2.60. The van der Waals surface area contributed by atoms with E-state index in [0.29, 0.717) is 0 Å². The van der Waals surface area contributed by atoms with E-state index < -0.39 is 23.3 Å². The van der Waals surface area contributed by atoms with Crippen LogP contribution < -0.4 is 0 Å². The first kappa shape index (κ1) is 11.0. The summed E-state index contributed by atoms with van der Waals surface area (Å²) >= 11 is 5.39. The lowest BCUT2D eigenvalue weighted by molar-refractivity contribution is 0.147. The standard InChI is InChI=1S/C10H5ClF3NO/c11-10-15-7(9(13)14)8(16-10)5-2-1-3-6(12)4-5/h1-4,9H.